The van der Waals surface area contributed by atoms with Crippen molar-refractivity contribution in [3.05, 3.63) is 120 Å². The van der Waals surface area contributed by atoms with Crippen LogP contribution in [0, 0.1) is 0 Å². The Kier molecular flexibility index (Phi) is 4.30. The molecule has 3 aromatic carbocycles. The van der Waals surface area contributed by atoms with Gasteiger partial charge in [-0.25, -0.2) is 0 Å². The first kappa shape index (κ1) is 16.6. The quantitative estimate of drug-likeness (QED) is 0.369. The molecule has 2 heteroatoms. The highest BCUT2D eigenvalue weighted by molar-refractivity contribution is 6.03. The van der Waals surface area contributed by atoms with Crippen molar-refractivity contribution in [1.29, 1.82) is 0 Å². The first-order valence-corrected chi connectivity index (χ1v) is 9.61. The molecule has 5 rings (SSSR count). The molecular formula is C26H20N2. The van der Waals surface area contributed by atoms with Crippen LogP contribution >= 0.6 is 0 Å². The molecule has 134 valence electrons. The fraction of sp³-hybridized carbons (Fsp3) is 0.0769. The normalized spacial score (nSPS) is 11.1. The Morgan fingerprint density at radius 2 is 1.36 bits per heavy atom. The molecule has 0 aliphatic carbocycles. The molecule has 0 saturated carbocycles. The van der Waals surface area contributed by atoms with Crippen LogP contribution in [0.4, 0.5) is 0 Å². The largest absolute Gasteiger partial charge is 0.256 e. The zero-order valence-electron chi connectivity index (χ0n) is 15.5. The third-order valence-corrected chi connectivity index (χ3v) is 5.19. The van der Waals surface area contributed by atoms with E-state index in [1.807, 2.05) is 12.3 Å². The molecule has 5 aromatic rings. The number of aromatic nitrogens is 2. The van der Waals surface area contributed by atoms with Gasteiger partial charge in [0, 0.05) is 29.1 Å². The monoisotopic (exact) mass is 360 g/mol. The van der Waals surface area contributed by atoms with Crippen LogP contribution in [0.15, 0.2) is 97.2 Å². The van der Waals surface area contributed by atoms with Crippen LogP contribution in [0.1, 0.15) is 22.4 Å². The minimum Gasteiger partial charge on any atom is -0.256 e. The minimum absolute atomic E-state index is 0.829. The lowest BCUT2D eigenvalue weighted by Gasteiger charge is -2.13. The second-order valence-electron chi connectivity index (χ2n) is 7.13. The molecule has 2 heterocycles. The summed E-state index contributed by atoms with van der Waals surface area (Å²) in [4.78, 5) is 9.65. The van der Waals surface area contributed by atoms with Crippen molar-refractivity contribution in [2.45, 2.75) is 12.8 Å². The summed E-state index contributed by atoms with van der Waals surface area (Å²) in [6.07, 6.45) is 3.55. The summed E-state index contributed by atoms with van der Waals surface area (Å²) in [5.74, 6) is 0. The van der Waals surface area contributed by atoms with Crippen molar-refractivity contribution in [2.75, 3.05) is 0 Å². The van der Waals surface area contributed by atoms with E-state index in [4.69, 9.17) is 4.98 Å². The number of rotatable bonds is 4. The fourth-order valence-electron chi connectivity index (χ4n) is 3.78. The Bertz CT molecular complexity index is 1250. The number of fused-ring (bicyclic) bond motifs is 3. The summed E-state index contributed by atoms with van der Waals surface area (Å²) in [7, 11) is 0. The van der Waals surface area contributed by atoms with E-state index in [1.54, 1.807) is 0 Å². The van der Waals surface area contributed by atoms with Crippen LogP contribution in [-0.2, 0) is 12.8 Å². The minimum atomic E-state index is 0.829. The maximum Gasteiger partial charge on any atom is 0.0799 e. The molecule has 2 aromatic heterocycles. The Hall–Kier alpha value is -3.52. The third-order valence-electron chi connectivity index (χ3n) is 5.19. The summed E-state index contributed by atoms with van der Waals surface area (Å²) in [6.45, 7) is 0. The van der Waals surface area contributed by atoms with E-state index in [0.717, 1.165) is 35.0 Å². The van der Waals surface area contributed by atoms with Gasteiger partial charge >= 0.3 is 0 Å². The van der Waals surface area contributed by atoms with E-state index in [0.29, 0.717) is 0 Å². The van der Waals surface area contributed by atoms with Crippen LogP contribution in [0.25, 0.3) is 21.8 Å². The Morgan fingerprint density at radius 3 is 2.11 bits per heavy atom. The first-order valence-electron chi connectivity index (χ1n) is 9.61. The lowest BCUT2D eigenvalue weighted by atomic mass is 9.97. The molecule has 0 N–H and O–H groups in total. The van der Waals surface area contributed by atoms with Crippen LogP contribution < -0.4 is 0 Å². The molecule has 0 fully saturated rings. The predicted octanol–water partition coefficient (Wildman–Crippen LogP) is 5.96. The number of hydrogen-bond acceptors (Lipinski definition) is 2. The first-order chi connectivity index (χ1) is 13.9. The molecule has 0 amide bonds. The summed E-state index contributed by atoms with van der Waals surface area (Å²) >= 11 is 0. The average molecular weight is 360 g/mol. The van der Waals surface area contributed by atoms with Crippen molar-refractivity contribution in [3.8, 4) is 0 Å². The molecular weight excluding hydrogens is 340 g/mol. The van der Waals surface area contributed by atoms with E-state index < -0.39 is 0 Å². The predicted molar refractivity (Wildman–Crippen MR) is 116 cm³/mol. The van der Waals surface area contributed by atoms with E-state index in [9.17, 15) is 0 Å². The number of nitrogens with zero attached hydrogens (tertiary/aromatic N) is 2. The maximum atomic E-state index is 5.15. The van der Waals surface area contributed by atoms with Crippen LogP contribution in [0.3, 0.4) is 0 Å². The van der Waals surface area contributed by atoms with Gasteiger partial charge in [0.2, 0.25) is 0 Å². The van der Waals surface area contributed by atoms with Crippen LogP contribution in [0.2, 0.25) is 0 Å². The lowest BCUT2D eigenvalue weighted by Crippen LogP contribution is -2.02. The average Bonchev–Trinajstić information content (AvgIpc) is 2.76. The highest BCUT2D eigenvalue weighted by Crippen LogP contribution is 2.27. The summed E-state index contributed by atoms with van der Waals surface area (Å²) in [5.41, 5.74) is 7.03. The molecule has 0 spiro atoms. The van der Waals surface area contributed by atoms with Crippen molar-refractivity contribution >= 4 is 21.8 Å². The third kappa shape index (κ3) is 3.25. The van der Waals surface area contributed by atoms with Gasteiger partial charge in [-0.2, -0.15) is 0 Å². The van der Waals surface area contributed by atoms with Crippen LogP contribution in [0.5, 0.6) is 0 Å². The van der Waals surface area contributed by atoms with Gasteiger partial charge in [-0.05, 0) is 47.4 Å². The molecule has 28 heavy (non-hydrogen) atoms. The van der Waals surface area contributed by atoms with Gasteiger partial charge in [-0.15, -0.1) is 0 Å². The molecule has 0 unspecified atom stereocenters. The van der Waals surface area contributed by atoms with E-state index in [2.05, 4.69) is 89.9 Å². The topological polar surface area (TPSA) is 25.8 Å². The molecule has 0 bridgehead atoms. The van der Waals surface area contributed by atoms with E-state index in [-0.39, 0.29) is 0 Å². The fourth-order valence-corrected chi connectivity index (χ4v) is 3.78. The van der Waals surface area contributed by atoms with Gasteiger partial charge in [0.1, 0.15) is 0 Å². The smallest absolute Gasteiger partial charge is 0.0799 e. The zero-order chi connectivity index (χ0) is 18.8. The standard InChI is InChI=1S/C26H20N2/c1-3-8-19(9-4-1)16-22-18-21-13-14-24-23(12-7-15-27-24)26(21)28-25(22)17-20-10-5-2-6-11-20/h1-15,18H,16-17H2. The Morgan fingerprint density at radius 1 is 0.643 bits per heavy atom. The second kappa shape index (κ2) is 7.24. The maximum absolute atomic E-state index is 5.15. The van der Waals surface area contributed by atoms with E-state index >= 15 is 0 Å². The zero-order valence-corrected chi connectivity index (χ0v) is 15.5. The molecule has 0 aliphatic heterocycles. The molecule has 2 nitrogen and oxygen atoms in total. The van der Waals surface area contributed by atoms with Crippen molar-refractivity contribution in [1.82, 2.24) is 9.97 Å². The lowest BCUT2D eigenvalue weighted by molar-refractivity contribution is 1.03. The highest BCUT2D eigenvalue weighted by Gasteiger charge is 2.11. The number of pyridine rings is 2. The Balaban J connectivity index is 1.69. The summed E-state index contributed by atoms with van der Waals surface area (Å²) in [5, 5.41) is 2.28. The second-order valence-corrected chi connectivity index (χ2v) is 7.13. The number of benzene rings is 3. The summed E-state index contributed by atoms with van der Waals surface area (Å²) < 4.78 is 0. The van der Waals surface area contributed by atoms with E-state index in [1.165, 1.54) is 22.1 Å². The molecule has 0 aliphatic rings. The van der Waals surface area contributed by atoms with Gasteiger partial charge in [-0.1, -0.05) is 66.7 Å². The van der Waals surface area contributed by atoms with Crippen molar-refractivity contribution in [2.24, 2.45) is 0 Å². The van der Waals surface area contributed by atoms with Crippen LogP contribution in [-0.4, -0.2) is 9.97 Å². The van der Waals surface area contributed by atoms with Gasteiger partial charge in [0.15, 0.2) is 0 Å². The number of hydrogen-bond donors (Lipinski definition) is 0. The van der Waals surface area contributed by atoms with Gasteiger partial charge < -0.3 is 0 Å². The van der Waals surface area contributed by atoms with Gasteiger partial charge in [0.05, 0.1) is 11.0 Å². The van der Waals surface area contributed by atoms with Gasteiger partial charge in [-0.3, -0.25) is 9.97 Å². The molecule has 0 atom stereocenters. The highest BCUT2D eigenvalue weighted by atomic mass is 14.7. The molecule has 0 radical (unpaired) electrons. The van der Waals surface area contributed by atoms with Crippen molar-refractivity contribution < 1.29 is 0 Å². The van der Waals surface area contributed by atoms with Crippen molar-refractivity contribution in [3.63, 3.8) is 0 Å². The SMILES string of the molecule is c1ccc(Cc2cc3ccc4ncccc4c3nc2Cc2ccccc2)cc1. The Labute approximate surface area is 164 Å². The summed E-state index contributed by atoms with van der Waals surface area (Å²) in [6, 6.07) is 31.8. The molecule has 0 saturated heterocycles. The van der Waals surface area contributed by atoms with Gasteiger partial charge in [0.25, 0.3) is 0 Å².